The van der Waals surface area contributed by atoms with Crippen LogP contribution < -0.4 is 5.32 Å². The van der Waals surface area contributed by atoms with E-state index in [2.05, 4.69) is 10.3 Å². The average molecular weight is 377 g/mol. The molecule has 0 aliphatic heterocycles. The van der Waals surface area contributed by atoms with Gasteiger partial charge in [-0.2, -0.15) is 0 Å². The molecule has 1 saturated carbocycles. The van der Waals surface area contributed by atoms with Crippen molar-refractivity contribution in [1.29, 1.82) is 0 Å². The summed E-state index contributed by atoms with van der Waals surface area (Å²) in [4.78, 5) is 16.8. The minimum Gasteiger partial charge on any atom is -0.322 e. The molecular formula is C18H14Cl2N2OS. The lowest BCUT2D eigenvalue weighted by atomic mass is 10.1. The number of carbonyl (C=O) groups excluding carboxylic acids is 1. The molecule has 2 aromatic carbocycles. The minimum absolute atomic E-state index is 0.147. The van der Waals surface area contributed by atoms with E-state index in [1.807, 2.05) is 37.3 Å². The van der Waals surface area contributed by atoms with Crippen LogP contribution in [0.4, 0.5) is 5.69 Å². The summed E-state index contributed by atoms with van der Waals surface area (Å²) in [5, 5.41) is 3.93. The van der Waals surface area contributed by atoms with E-state index in [0.717, 1.165) is 32.9 Å². The Kier molecular flexibility index (Phi) is 3.79. The second-order valence-electron chi connectivity index (χ2n) is 6.01. The van der Waals surface area contributed by atoms with E-state index >= 15 is 0 Å². The van der Waals surface area contributed by atoms with Crippen molar-refractivity contribution in [3.05, 3.63) is 58.6 Å². The summed E-state index contributed by atoms with van der Waals surface area (Å²) in [5.74, 6) is 0.0138. The zero-order chi connectivity index (χ0) is 16.9. The largest absolute Gasteiger partial charge is 0.322 e. The van der Waals surface area contributed by atoms with Crippen LogP contribution in [-0.4, -0.2) is 15.2 Å². The van der Waals surface area contributed by atoms with Crippen LogP contribution in [-0.2, 0) is 0 Å². The number of alkyl halides is 2. The normalized spacial score (nSPS) is 18.5. The minimum atomic E-state index is -0.648. The number of aromatic nitrogens is 1. The Morgan fingerprint density at radius 3 is 2.62 bits per heavy atom. The first-order valence-electron chi connectivity index (χ1n) is 7.59. The van der Waals surface area contributed by atoms with Crippen molar-refractivity contribution < 1.29 is 4.79 Å². The molecule has 3 nitrogen and oxygen atoms in total. The predicted molar refractivity (Wildman–Crippen MR) is 101 cm³/mol. The summed E-state index contributed by atoms with van der Waals surface area (Å²) >= 11 is 13.8. The van der Waals surface area contributed by atoms with Gasteiger partial charge in [0, 0.05) is 17.2 Å². The standard InChI is InChI=1S/C18H14Cl2N2OS/c1-10-21-15-8-13(6-7-16(15)24-10)22-17(23)12-4-2-11(3-5-12)14-9-18(14,19)20/h2-8,14H,9H2,1H3,(H,22,23). The average Bonchev–Trinajstić information content (AvgIpc) is 3.01. The number of hydrogen-bond acceptors (Lipinski definition) is 3. The smallest absolute Gasteiger partial charge is 0.255 e. The molecule has 6 heteroatoms. The first-order chi connectivity index (χ1) is 11.4. The molecule has 3 aromatic rings. The molecule has 1 heterocycles. The maximum absolute atomic E-state index is 12.4. The van der Waals surface area contributed by atoms with E-state index in [9.17, 15) is 4.79 Å². The molecule has 24 heavy (non-hydrogen) atoms. The molecule has 1 aliphatic rings. The summed E-state index contributed by atoms with van der Waals surface area (Å²) in [6.07, 6.45) is 0.759. The lowest BCUT2D eigenvalue weighted by Gasteiger charge is -2.06. The van der Waals surface area contributed by atoms with Crippen molar-refractivity contribution in [1.82, 2.24) is 4.98 Å². The number of aryl methyl sites for hydroxylation is 1. The Balaban J connectivity index is 1.50. The number of benzene rings is 2. The molecule has 1 amide bonds. The van der Waals surface area contributed by atoms with Crippen LogP contribution in [0.15, 0.2) is 42.5 Å². The van der Waals surface area contributed by atoms with E-state index in [1.165, 1.54) is 0 Å². The van der Waals surface area contributed by atoms with Crippen LogP contribution in [0.5, 0.6) is 0 Å². The van der Waals surface area contributed by atoms with E-state index in [-0.39, 0.29) is 11.8 Å². The molecule has 0 spiro atoms. The molecule has 1 aromatic heterocycles. The van der Waals surface area contributed by atoms with Crippen molar-refractivity contribution in [2.24, 2.45) is 0 Å². The number of carbonyl (C=O) groups is 1. The van der Waals surface area contributed by atoms with Gasteiger partial charge >= 0.3 is 0 Å². The van der Waals surface area contributed by atoms with Crippen LogP contribution >= 0.6 is 34.5 Å². The van der Waals surface area contributed by atoms with Crippen molar-refractivity contribution >= 4 is 56.3 Å². The molecule has 0 saturated heterocycles. The third kappa shape index (κ3) is 3.02. The van der Waals surface area contributed by atoms with Crippen LogP contribution in [0, 0.1) is 6.92 Å². The van der Waals surface area contributed by atoms with Gasteiger partial charge in [-0.05, 0) is 49.2 Å². The third-order valence-electron chi connectivity index (χ3n) is 4.15. The lowest BCUT2D eigenvalue weighted by molar-refractivity contribution is 0.102. The van der Waals surface area contributed by atoms with E-state index in [4.69, 9.17) is 23.2 Å². The van der Waals surface area contributed by atoms with Gasteiger partial charge in [-0.3, -0.25) is 4.79 Å². The molecule has 4 rings (SSSR count). The molecule has 1 aliphatic carbocycles. The number of hydrogen-bond donors (Lipinski definition) is 1. The first kappa shape index (κ1) is 15.9. The van der Waals surface area contributed by atoms with Crippen LogP contribution in [0.3, 0.4) is 0 Å². The Bertz CT molecular complexity index is 934. The Hall–Kier alpha value is -1.62. The van der Waals surface area contributed by atoms with Crippen LogP contribution in [0.1, 0.15) is 33.3 Å². The van der Waals surface area contributed by atoms with Crippen LogP contribution in [0.25, 0.3) is 10.2 Å². The summed E-state index contributed by atoms with van der Waals surface area (Å²) in [6.45, 7) is 1.97. The van der Waals surface area contributed by atoms with E-state index in [0.29, 0.717) is 5.56 Å². The fourth-order valence-electron chi connectivity index (χ4n) is 2.77. The highest BCUT2D eigenvalue weighted by atomic mass is 35.5. The number of fused-ring (bicyclic) bond motifs is 1. The summed E-state index contributed by atoms with van der Waals surface area (Å²) in [7, 11) is 0. The van der Waals surface area contributed by atoms with Crippen molar-refractivity contribution in [2.45, 2.75) is 23.6 Å². The molecule has 1 atom stereocenters. The summed E-state index contributed by atoms with van der Waals surface area (Å²) in [6, 6.07) is 13.2. The lowest BCUT2D eigenvalue weighted by Crippen LogP contribution is -2.11. The fraction of sp³-hybridized carbons (Fsp3) is 0.222. The predicted octanol–water partition coefficient (Wildman–Crippen LogP) is 5.52. The van der Waals surface area contributed by atoms with Crippen molar-refractivity contribution in [3.8, 4) is 0 Å². The highest BCUT2D eigenvalue weighted by Crippen LogP contribution is 2.59. The summed E-state index contributed by atoms with van der Waals surface area (Å²) in [5.41, 5.74) is 3.31. The van der Waals surface area contributed by atoms with Gasteiger partial charge in [0.25, 0.3) is 5.91 Å². The molecule has 1 N–H and O–H groups in total. The molecule has 0 bridgehead atoms. The molecule has 122 valence electrons. The maximum Gasteiger partial charge on any atom is 0.255 e. The SMILES string of the molecule is Cc1nc2cc(NC(=O)c3ccc(C4CC4(Cl)Cl)cc3)ccc2s1. The Morgan fingerprint density at radius 2 is 1.96 bits per heavy atom. The van der Waals surface area contributed by atoms with Gasteiger partial charge in [0.1, 0.15) is 4.33 Å². The van der Waals surface area contributed by atoms with Gasteiger partial charge < -0.3 is 5.32 Å². The maximum atomic E-state index is 12.4. The first-order valence-corrected chi connectivity index (χ1v) is 9.16. The van der Waals surface area contributed by atoms with E-state index in [1.54, 1.807) is 23.5 Å². The molecular weight excluding hydrogens is 363 g/mol. The number of amides is 1. The van der Waals surface area contributed by atoms with Gasteiger partial charge in [0.2, 0.25) is 0 Å². The number of anilines is 1. The number of thiazole rings is 1. The second kappa shape index (κ2) is 5.73. The van der Waals surface area contributed by atoms with Gasteiger partial charge in [0.15, 0.2) is 0 Å². The molecule has 1 unspecified atom stereocenters. The molecule has 0 radical (unpaired) electrons. The van der Waals surface area contributed by atoms with Crippen LogP contribution in [0.2, 0.25) is 0 Å². The quantitative estimate of drug-likeness (QED) is 0.611. The Labute approximate surface area is 153 Å². The van der Waals surface area contributed by atoms with Crippen molar-refractivity contribution in [3.63, 3.8) is 0 Å². The van der Waals surface area contributed by atoms with Gasteiger partial charge in [0.05, 0.1) is 15.2 Å². The monoisotopic (exact) mass is 376 g/mol. The second-order valence-corrected chi connectivity index (χ2v) is 8.79. The number of nitrogens with one attached hydrogen (secondary N) is 1. The highest BCUT2D eigenvalue weighted by Gasteiger charge is 2.52. The van der Waals surface area contributed by atoms with Gasteiger partial charge in [-0.25, -0.2) is 4.98 Å². The van der Waals surface area contributed by atoms with E-state index < -0.39 is 4.33 Å². The molecule has 1 fully saturated rings. The number of nitrogens with zero attached hydrogens (tertiary/aromatic N) is 1. The topological polar surface area (TPSA) is 42.0 Å². The highest BCUT2D eigenvalue weighted by molar-refractivity contribution is 7.18. The third-order valence-corrected chi connectivity index (χ3v) is 5.94. The zero-order valence-electron chi connectivity index (χ0n) is 12.8. The van der Waals surface area contributed by atoms with Gasteiger partial charge in [-0.15, -0.1) is 34.5 Å². The Morgan fingerprint density at radius 1 is 1.25 bits per heavy atom. The fourth-order valence-corrected chi connectivity index (χ4v) is 4.13. The number of rotatable bonds is 3. The summed E-state index contributed by atoms with van der Waals surface area (Å²) < 4.78 is 0.468. The van der Waals surface area contributed by atoms with Crippen molar-refractivity contribution in [2.75, 3.05) is 5.32 Å². The number of halogens is 2. The zero-order valence-corrected chi connectivity index (χ0v) is 15.2. The van der Waals surface area contributed by atoms with Gasteiger partial charge in [-0.1, -0.05) is 12.1 Å².